The molecule has 0 aromatic rings. The Morgan fingerprint density at radius 2 is 1.86 bits per heavy atom. The Hall–Kier alpha value is -0.0300. The first-order valence-corrected chi connectivity index (χ1v) is 7.74. The zero-order valence-corrected chi connectivity index (χ0v) is 15.0. The number of amides is 1. The molecule has 1 aliphatic heterocycles. The number of likely N-dealkylation sites (N-methyl/N-ethyl adjacent to an activating group) is 1. The molecule has 126 valence electrons. The number of rotatable bonds is 3. The van der Waals surface area contributed by atoms with Crippen LogP contribution in [0.5, 0.6) is 0 Å². The van der Waals surface area contributed by atoms with E-state index in [0.29, 0.717) is 5.92 Å². The van der Waals surface area contributed by atoms with Gasteiger partial charge in [0.1, 0.15) is 0 Å². The fraction of sp³-hybridized carbons (Fsp3) is 0.933. The molecule has 1 atom stereocenters. The third-order valence-electron chi connectivity index (χ3n) is 4.77. The molecule has 0 aromatic heterocycles. The van der Waals surface area contributed by atoms with Crippen molar-refractivity contribution < 1.29 is 4.79 Å². The predicted molar refractivity (Wildman–Crippen MR) is 92.4 cm³/mol. The van der Waals surface area contributed by atoms with E-state index < -0.39 is 5.54 Å². The van der Waals surface area contributed by atoms with Crippen molar-refractivity contribution in [1.29, 1.82) is 0 Å². The van der Waals surface area contributed by atoms with E-state index in [1.165, 1.54) is 25.8 Å². The quantitative estimate of drug-likeness (QED) is 0.858. The van der Waals surface area contributed by atoms with Gasteiger partial charge < -0.3 is 15.5 Å². The molecule has 1 unspecified atom stereocenters. The summed E-state index contributed by atoms with van der Waals surface area (Å²) in [6.45, 7) is 3.16. The summed E-state index contributed by atoms with van der Waals surface area (Å²) >= 11 is 0. The van der Waals surface area contributed by atoms with Gasteiger partial charge in [-0.15, -0.1) is 24.8 Å². The number of piperidine rings is 1. The molecule has 1 amide bonds. The molecule has 0 spiro atoms. The minimum absolute atomic E-state index is 0. The monoisotopic (exact) mass is 339 g/mol. The van der Waals surface area contributed by atoms with Crippen molar-refractivity contribution in [1.82, 2.24) is 9.80 Å². The first-order chi connectivity index (χ1) is 9.01. The van der Waals surface area contributed by atoms with Crippen LogP contribution in [0.2, 0.25) is 0 Å². The molecule has 21 heavy (non-hydrogen) atoms. The Bertz CT molecular complexity index is 322. The summed E-state index contributed by atoms with van der Waals surface area (Å²) in [5.41, 5.74) is 5.76. The van der Waals surface area contributed by atoms with Gasteiger partial charge in [0.2, 0.25) is 5.91 Å². The van der Waals surface area contributed by atoms with Crippen molar-refractivity contribution in [2.24, 2.45) is 11.7 Å². The van der Waals surface area contributed by atoms with Crippen molar-refractivity contribution >= 4 is 30.7 Å². The topological polar surface area (TPSA) is 49.6 Å². The molecule has 6 heteroatoms. The van der Waals surface area contributed by atoms with Gasteiger partial charge in [0.15, 0.2) is 0 Å². The molecule has 0 bridgehead atoms. The molecule has 4 nitrogen and oxygen atoms in total. The molecule has 1 aliphatic carbocycles. The number of carbonyl (C=O) groups is 1. The van der Waals surface area contributed by atoms with Crippen LogP contribution in [0.15, 0.2) is 0 Å². The maximum absolute atomic E-state index is 12.6. The molecule has 0 radical (unpaired) electrons. The maximum atomic E-state index is 12.6. The van der Waals surface area contributed by atoms with Gasteiger partial charge in [-0.3, -0.25) is 4.79 Å². The van der Waals surface area contributed by atoms with Gasteiger partial charge in [-0.2, -0.15) is 0 Å². The SMILES string of the molecule is CN1CCCC(CN(C)C(=O)C2(N)CCCCC2)C1.Cl.Cl. The molecule has 0 aromatic carbocycles. The lowest BCUT2D eigenvalue weighted by molar-refractivity contribution is -0.137. The van der Waals surface area contributed by atoms with E-state index in [1.54, 1.807) is 0 Å². The predicted octanol–water partition coefficient (Wildman–Crippen LogP) is 2.29. The standard InChI is InChI=1S/C15H29N3O.2ClH/c1-17-10-6-7-13(11-17)12-18(2)14(19)15(16)8-4-3-5-9-15;;/h13H,3-12,16H2,1-2H3;2*1H. The Kier molecular flexibility index (Phi) is 9.17. The number of hydrogen-bond acceptors (Lipinski definition) is 3. The van der Waals surface area contributed by atoms with Gasteiger partial charge in [-0.25, -0.2) is 0 Å². The average molecular weight is 340 g/mol. The van der Waals surface area contributed by atoms with Crippen LogP contribution in [0, 0.1) is 5.92 Å². The largest absolute Gasteiger partial charge is 0.344 e. The second-order valence-corrected chi connectivity index (χ2v) is 6.67. The number of nitrogens with zero attached hydrogens (tertiary/aromatic N) is 2. The van der Waals surface area contributed by atoms with E-state index in [4.69, 9.17) is 5.73 Å². The molecule has 2 aliphatic rings. The lowest BCUT2D eigenvalue weighted by atomic mass is 9.81. The van der Waals surface area contributed by atoms with E-state index >= 15 is 0 Å². The first-order valence-electron chi connectivity index (χ1n) is 7.74. The lowest BCUT2D eigenvalue weighted by Crippen LogP contribution is -2.56. The Labute approximate surface area is 141 Å². The molecule has 1 saturated heterocycles. The molecular weight excluding hydrogens is 309 g/mol. The highest BCUT2D eigenvalue weighted by Gasteiger charge is 2.37. The maximum Gasteiger partial charge on any atom is 0.242 e. The van der Waals surface area contributed by atoms with Crippen molar-refractivity contribution in [3.05, 3.63) is 0 Å². The summed E-state index contributed by atoms with van der Waals surface area (Å²) in [4.78, 5) is 16.8. The number of hydrogen-bond donors (Lipinski definition) is 1. The van der Waals surface area contributed by atoms with Gasteiger partial charge in [0.05, 0.1) is 5.54 Å². The smallest absolute Gasteiger partial charge is 0.242 e. The van der Waals surface area contributed by atoms with E-state index in [0.717, 1.165) is 38.8 Å². The molecule has 1 heterocycles. The first kappa shape index (κ1) is 21.0. The Morgan fingerprint density at radius 3 is 2.43 bits per heavy atom. The van der Waals surface area contributed by atoms with Gasteiger partial charge in [-0.05, 0) is 45.2 Å². The minimum atomic E-state index is -0.576. The van der Waals surface area contributed by atoms with Crippen LogP contribution in [-0.2, 0) is 4.79 Å². The number of carbonyl (C=O) groups excluding carboxylic acids is 1. The van der Waals surface area contributed by atoms with Gasteiger partial charge in [-0.1, -0.05) is 19.3 Å². The zero-order valence-electron chi connectivity index (χ0n) is 13.3. The molecule has 1 saturated carbocycles. The van der Waals surface area contributed by atoms with Crippen LogP contribution in [0.1, 0.15) is 44.9 Å². The van der Waals surface area contributed by atoms with Crippen LogP contribution < -0.4 is 5.73 Å². The fourth-order valence-electron chi connectivity index (χ4n) is 3.67. The fourth-order valence-corrected chi connectivity index (χ4v) is 3.67. The van der Waals surface area contributed by atoms with E-state index in [9.17, 15) is 4.79 Å². The van der Waals surface area contributed by atoms with Crippen LogP contribution in [0.3, 0.4) is 0 Å². The third kappa shape index (κ3) is 5.59. The van der Waals surface area contributed by atoms with Crippen LogP contribution in [-0.4, -0.2) is 55.0 Å². The summed E-state index contributed by atoms with van der Waals surface area (Å²) in [5, 5.41) is 0. The molecule has 2 fully saturated rings. The second-order valence-electron chi connectivity index (χ2n) is 6.67. The van der Waals surface area contributed by atoms with Crippen molar-refractivity contribution in [2.45, 2.75) is 50.5 Å². The minimum Gasteiger partial charge on any atom is -0.344 e. The normalized spacial score (nSPS) is 25.4. The third-order valence-corrected chi connectivity index (χ3v) is 4.77. The highest BCUT2D eigenvalue weighted by atomic mass is 35.5. The Balaban J connectivity index is 0.00000200. The second kappa shape index (κ2) is 9.19. The molecule has 2 N–H and O–H groups in total. The van der Waals surface area contributed by atoms with Gasteiger partial charge >= 0.3 is 0 Å². The average Bonchev–Trinajstić information content (AvgIpc) is 2.38. The van der Waals surface area contributed by atoms with Crippen molar-refractivity contribution in [3.8, 4) is 0 Å². The van der Waals surface area contributed by atoms with Crippen molar-refractivity contribution in [3.63, 3.8) is 0 Å². The summed E-state index contributed by atoms with van der Waals surface area (Å²) in [6.07, 6.45) is 7.63. The van der Waals surface area contributed by atoms with Gasteiger partial charge in [0.25, 0.3) is 0 Å². The van der Waals surface area contributed by atoms with Crippen molar-refractivity contribution in [2.75, 3.05) is 33.7 Å². The van der Waals surface area contributed by atoms with E-state index in [2.05, 4.69) is 11.9 Å². The Morgan fingerprint density at radius 1 is 1.24 bits per heavy atom. The molecular formula is C15H31Cl2N3O. The highest BCUT2D eigenvalue weighted by molar-refractivity contribution is 5.86. The lowest BCUT2D eigenvalue weighted by Gasteiger charge is -2.38. The van der Waals surface area contributed by atoms with Crippen LogP contribution in [0.4, 0.5) is 0 Å². The van der Waals surface area contributed by atoms with E-state index in [1.807, 2.05) is 11.9 Å². The number of likely N-dealkylation sites (tertiary alicyclic amines) is 1. The van der Waals surface area contributed by atoms with Crippen LogP contribution >= 0.6 is 24.8 Å². The summed E-state index contributed by atoms with van der Waals surface area (Å²) < 4.78 is 0. The number of halogens is 2. The highest BCUT2D eigenvalue weighted by Crippen LogP contribution is 2.28. The van der Waals surface area contributed by atoms with Gasteiger partial charge in [0, 0.05) is 20.1 Å². The summed E-state index contributed by atoms with van der Waals surface area (Å²) in [6, 6.07) is 0. The van der Waals surface area contributed by atoms with Crippen LogP contribution in [0.25, 0.3) is 0 Å². The number of nitrogens with two attached hydrogens (primary N) is 1. The summed E-state index contributed by atoms with van der Waals surface area (Å²) in [7, 11) is 4.10. The molecule has 2 rings (SSSR count). The summed E-state index contributed by atoms with van der Waals surface area (Å²) in [5.74, 6) is 0.778. The zero-order chi connectivity index (χ0) is 13.9. The van der Waals surface area contributed by atoms with E-state index in [-0.39, 0.29) is 30.7 Å².